The van der Waals surface area contributed by atoms with E-state index < -0.39 is 15.3 Å². The van der Waals surface area contributed by atoms with Gasteiger partial charge in [0.15, 0.2) is 5.25 Å². The summed E-state index contributed by atoms with van der Waals surface area (Å²) in [5.41, 5.74) is 1.02. The maximum absolute atomic E-state index is 11.4. The first-order valence-corrected chi connectivity index (χ1v) is 6.37. The highest BCUT2D eigenvalue weighted by Gasteiger charge is 2.18. The molecular formula is C9H14N4O2S. The summed E-state index contributed by atoms with van der Waals surface area (Å²) in [5.74, 6) is 0. The molecule has 0 aliphatic rings. The molecule has 1 aromatic heterocycles. The molecule has 0 aliphatic carbocycles. The number of nitrogens with one attached hydrogen (secondary N) is 1. The smallest absolute Gasteiger partial charge is 0.227 e. The van der Waals surface area contributed by atoms with E-state index in [0.717, 1.165) is 5.56 Å². The molecule has 0 aliphatic heterocycles. The maximum atomic E-state index is 11.4. The summed E-state index contributed by atoms with van der Waals surface area (Å²) in [7, 11) is -3.53. The fourth-order valence-corrected chi connectivity index (χ4v) is 1.85. The molecule has 1 aromatic rings. The van der Waals surface area contributed by atoms with Crippen LogP contribution < -0.4 is 4.72 Å². The molecule has 7 heteroatoms. The van der Waals surface area contributed by atoms with Crippen LogP contribution in [0.4, 0.5) is 0 Å². The van der Waals surface area contributed by atoms with Crippen LogP contribution in [0.5, 0.6) is 0 Å². The second-order valence-electron chi connectivity index (χ2n) is 3.49. The van der Waals surface area contributed by atoms with Crippen LogP contribution in [0.3, 0.4) is 0 Å². The van der Waals surface area contributed by atoms with Gasteiger partial charge in [-0.15, -0.1) is 0 Å². The maximum Gasteiger partial charge on any atom is 0.227 e. The van der Waals surface area contributed by atoms with Gasteiger partial charge in [-0.05, 0) is 19.4 Å². The lowest BCUT2D eigenvalue weighted by Gasteiger charge is -2.07. The van der Waals surface area contributed by atoms with Gasteiger partial charge in [0.05, 0.1) is 18.8 Å². The van der Waals surface area contributed by atoms with Crippen molar-refractivity contribution in [3.05, 3.63) is 18.0 Å². The molecule has 1 rings (SSSR count). The second-order valence-corrected chi connectivity index (χ2v) is 5.58. The van der Waals surface area contributed by atoms with Crippen LogP contribution in [-0.2, 0) is 16.6 Å². The Kier molecular flexibility index (Phi) is 4.04. The van der Waals surface area contributed by atoms with E-state index in [1.54, 1.807) is 16.9 Å². The molecule has 0 fully saturated rings. The first-order chi connectivity index (χ1) is 7.45. The van der Waals surface area contributed by atoms with E-state index in [0.29, 0.717) is 6.54 Å². The van der Waals surface area contributed by atoms with Crippen LogP contribution in [0.15, 0.2) is 12.4 Å². The Morgan fingerprint density at radius 2 is 2.38 bits per heavy atom. The van der Waals surface area contributed by atoms with Gasteiger partial charge in [-0.3, -0.25) is 4.68 Å². The number of hydrogen-bond acceptors (Lipinski definition) is 4. The normalized spacial score (nSPS) is 13.3. The number of aryl methyl sites for hydroxylation is 1. The Hall–Kier alpha value is -1.39. The Labute approximate surface area is 94.9 Å². The third-order valence-electron chi connectivity index (χ3n) is 2.05. The Morgan fingerprint density at radius 1 is 1.69 bits per heavy atom. The van der Waals surface area contributed by atoms with Crippen molar-refractivity contribution in [2.75, 3.05) is 6.54 Å². The number of aromatic nitrogens is 2. The second kappa shape index (κ2) is 5.09. The molecule has 1 heterocycles. The Bertz CT molecular complexity index is 486. The van der Waals surface area contributed by atoms with Gasteiger partial charge in [0, 0.05) is 12.7 Å². The van der Waals surface area contributed by atoms with E-state index in [1.807, 2.05) is 13.1 Å². The lowest BCUT2D eigenvalue weighted by Crippen LogP contribution is -2.34. The highest BCUT2D eigenvalue weighted by molar-refractivity contribution is 7.90. The van der Waals surface area contributed by atoms with Gasteiger partial charge in [0.25, 0.3) is 0 Å². The quantitative estimate of drug-likeness (QED) is 0.788. The fraction of sp³-hybridized carbons (Fsp3) is 0.556. The largest absolute Gasteiger partial charge is 0.271 e. The van der Waals surface area contributed by atoms with Gasteiger partial charge >= 0.3 is 0 Å². The number of hydrogen-bond donors (Lipinski definition) is 1. The Morgan fingerprint density at radius 3 is 2.88 bits per heavy atom. The standard InChI is InChI=1S/C9H14N4O2S/c1-8-6-11-13(7-8)4-3-12-16(14,15)9(2)5-10/h6-7,9,12H,3-4H2,1-2H3. The summed E-state index contributed by atoms with van der Waals surface area (Å²) in [6.45, 7) is 3.94. The Balaban J connectivity index is 2.45. The number of nitriles is 1. The predicted octanol–water partition coefficient (Wildman–Crippen LogP) is 0.0230. The van der Waals surface area contributed by atoms with Crippen molar-refractivity contribution in [3.63, 3.8) is 0 Å². The third kappa shape index (κ3) is 3.32. The average molecular weight is 242 g/mol. The van der Waals surface area contributed by atoms with Crippen molar-refractivity contribution in [2.24, 2.45) is 0 Å². The summed E-state index contributed by atoms with van der Waals surface area (Å²) in [6.07, 6.45) is 3.52. The molecule has 0 bridgehead atoms. The van der Waals surface area contributed by atoms with Gasteiger partial charge in [-0.25, -0.2) is 13.1 Å². The van der Waals surface area contributed by atoms with Gasteiger partial charge in [-0.2, -0.15) is 10.4 Å². The molecule has 0 radical (unpaired) electrons. The van der Waals surface area contributed by atoms with Crippen molar-refractivity contribution < 1.29 is 8.42 Å². The van der Waals surface area contributed by atoms with Crippen LogP contribution >= 0.6 is 0 Å². The summed E-state index contributed by atoms with van der Waals surface area (Å²) >= 11 is 0. The first-order valence-electron chi connectivity index (χ1n) is 4.83. The molecule has 1 unspecified atom stereocenters. The lowest BCUT2D eigenvalue weighted by molar-refractivity contribution is 0.557. The molecule has 1 atom stereocenters. The van der Waals surface area contributed by atoms with Crippen molar-refractivity contribution in [2.45, 2.75) is 25.6 Å². The molecule has 0 amide bonds. The van der Waals surface area contributed by atoms with Crippen LogP contribution in [0.1, 0.15) is 12.5 Å². The first kappa shape index (κ1) is 12.7. The van der Waals surface area contributed by atoms with Crippen LogP contribution in [0.25, 0.3) is 0 Å². The van der Waals surface area contributed by atoms with Crippen LogP contribution in [0.2, 0.25) is 0 Å². The minimum absolute atomic E-state index is 0.232. The van der Waals surface area contributed by atoms with Crippen molar-refractivity contribution in [1.29, 1.82) is 5.26 Å². The molecule has 0 spiro atoms. The minimum Gasteiger partial charge on any atom is -0.271 e. The fourth-order valence-electron chi connectivity index (χ4n) is 1.09. The SMILES string of the molecule is Cc1cnn(CCNS(=O)(=O)C(C)C#N)c1. The average Bonchev–Trinajstić information content (AvgIpc) is 2.62. The molecule has 1 N–H and O–H groups in total. The van der Waals surface area contributed by atoms with E-state index in [9.17, 15) is 8.42 Å². The summed E-state index contributed by atoms with van der Waals surface area (Å²) < 4.78 is 26.8. The summed E-state index contributed by atoms with van der Waals surface area (Å²) in [5, 5.41) is 11.5. The van der Waals surface area contributed by atoms with Gasteiger partial charge in [0.1, 0.15) is 0 Å². The van der Waals surface area contributed by atoms with E-state index in [4.69, 9.17) is 5.26 Å². The summed E-state index contributed by atoms with van der Waals surface area (Å²) in [4.78, 5) is 0. The van der Waals surface area contributed by atoms with Crippen molar-refractivity contribution in [1.82, 2.24) is 14.5 Å². The van der Waals surface area contributed by atoms with Crippen LogP contribution in [0, 0.1) is 18.3 Å². The highest BCUT2D eigenvalue weighted by atomic mass is 32.2. The third-order valence-corrected chi connectivity index (χ3v) is 3.70. The highest BCUT2D eigenvalue weighted by Crippen LogP contribution is 1.97. The number of rotatable bonds is 5. The molecule has 16 heavy (non-hydrogen) atoms. The van der Waals surface area contributed by atoms with Crippen molar-refractivity contribution >= 4 is 10.0 Å². The zero-order chi connectivity index (χ0) is 12.2. The topological polar surface area (TPSA) is 87.8 Å². The zero-order valence-corrected chi connectivity index (χ0v) is 10.0. The molecule has 0 saturated carbocycles. The van der Waals surface area contributed by atoms with Gasteiger partial charge in [-0.1, -0.05) is 0 Å². The summed E-state index contributed by atoms with van der Waals surface area (Å²) in [6, 6.07) is 1.69. The van der Waals surface area contributed by atoms with E-state index in [-0.39, 0.29) is 6.54 Å². The van der Waals surface area contributed by atoms with Gasteiger partial charge < -0.3 is 0 Å². The van der Waals surface area contributed by atoms with Crippen molar-refractivity contribution in [3.8, 4) is 6.07 Å². The predicted molar refractivity (Wildman–Crippen MR) is 59.0 cm³/mol. The lowest BCUT2D eigenvalue weighted by atomic mass is 10.4. The van der Waals surface area contributed by atoms with E-state index >= 15 is 0 Å². The molecule has 0 saturated heterocycles. The zero-order valence-electron chi connectivity index (χ0n) is 9.21. The van der Waals surface area contributed by atoms with E-state index in [2.05, 4.69) is 9.82 Å². The molecule has 0 aromatic carbocycles. The van der Waals surface area contributed by atoms with Gasteiger partial charge in [0.2, 0.25) is 10.0 Å². The van der Waals surface area contributed by atoms with E-state index in [1.165, 1.54) is 6.92 Å². The van der Waals surface area contributed by atoms with Crippen LogP contribution in [-0.4, -0.2) is 30.0 Å². The monoisotopic (exact) mass is 242 g/mol. The molecular weight excluding hydrogens is 228 g/mol. The molecule has 88 valence electrons. The minimum atomic E-state index is -3.53. The molecule has 6 nitrogen and oxygen atoms in total. The number of nitrogens with zero attached hydrogens (tertiary/aromatic N) is 3. The number of sulfonamides is 1.